The topological polar surface area (TPSA) is 69.8 Å². The highest BCUT2D eigenvalue weighted by Crippen LogP contribution is 2.38. The van der Waals surface area contributed by atoms with Crippen molar-refractivity contribution in [2.24, 2.45) is 11.1 Å². The molecule has 0 aromatic rings. The smallest absolute Gasteiger partial charge is 0.223 e. The molecule has 3 N–H and O–H groups in total. The molecule has 1 heterocycles. The van der Waals surface area contributed by atoms with Crippen molar-refractivity contribution in [3.05, 3.63) is 0 Å². The Balaban J connectivity index is 1.82. The number of rotatable bonds is 5. The predicted octanol–water partition coefficient (Wildman–Crippen LogP) is 0.422. The molecule has 1 saturated carbocycles. The van der Waals surface area contributed by atoms with Crippen LogP contribution < -0.4 is 5.73 Å². The summed E-state index contributed by atoms with van der Waals surface area (Å²) in [6, 6.07) is 0. The van der Waals surface area contributed by atoms with E-state index in [1.165, 1.54) is 19.3 Å². The number of carbonyl (C=O) groups excluding carboxylic acids is 1. The van der Waals surface area contributed by atoms with E-state index in [1.807, 2.05) is 4.90 Å². The van der Waals surface area contributed by atoms with Gasteiger partial charge in [-0.15, -0.1) is 0 Å². The number of hydrogen-bond donors (Lipinski definition) is 2. The van der Waals surface area contributed by atoms with Crippen molar-refractivity contribution in [2.75, 3.05) is 45.9 Å². The van der Waals surface area contributed by atoms with Gasteiger partial charge in [-0.05, 0) is 24.8 Å². The largest absolute Gasteiger partial charge is 0.395 e. The number of aliphatic hydroxyl groups excluding tert-OH is 1. The fourth-order valence-electron chi connectivity index (χ4n) is 3.55. The molecule has 2 aliphatic rings. The number of nitrogens with two attached hydrogens (primary N) is 1. The first-order valence-electron chi connectivity index (χ1n) is 8.00. The van der Waals surface area contributed by atoms with Crippen LogP contribution in [0, 0.1) is 5.41 Å². The first-order valence-corrected chi connectivity index (χ1v) is 8.00. The van der Waals surface area contributed by atoms with Crippen LogP contribution in [0.3, 0.4) is 0 Å². The number of nitrogens with zero attached hydrogens (tertiary/aromatic N) is 2. The lowest BCUT2D eigenvalue weighted by molar-refractivity contribution is -0.136. The molecule has 1 aliphatic heterocycles. The van der Waals surface area contributed by atoms with Crippen molar-refractivity contribution in [3.8, 4) is 0 Å². The van der Waals surface area contributed by atoms with Crippen LogP contribution in [-0.4, -0.2) is 66.7 Å². The normalized spacial score (nSPS) is 23.8. The maximum Gasteiger partial charge on any atom is 0.223 e. The highest BCUT2D eigenvalue weighted by molar-refractivity contribution is 5.77. The fraction of sp³-hybridized carbons (Fsp3) is 0.933. The summed E-state index contributed by atoms with van der Waals surface area (Å²) in [7, 11) is 0. The van der Waals surface area contributed by atoms with Crippen LogP contribution in [0.25, 0.3) is 0 Å². The van der Waals surface area contributed by atoms with Crippen LogP contribution in [0.4, 0.5) is 0 Å². The maximum absolute atomic E-state index is 12.5. The van der Waals surface area contributed by atoms with E-state index < -0.39 is 0 Å². The Morgan fingerprint density at radius 1 is 1.10 bits per heavy atom. The van der Waals surface area contributed by atoms with E-state index in [-0.39, 0.29) is 17.9 Å². The summed E-state index contributed by atoms with van der Waals surface area (Å²) in [5.41, 5.74) is 6.04. The minimum atomic E-state index is 0.0670. The molecule has 0 aromatic carbocycles. The van der Waals surface area contributed by atoms with Crippen molar-refractivity contribution in [2.45, 2.75) is 38.5 Å². The van der Waals surface area contributed by atoms with E-state index in [0.717, 1.165) is 45.6 Å². The summed E-state index contributed by atoms with van der Waals surface area (Å²) in [6.45, 7) is 4.89. The van der Waals surface area contributed by atoms with E-state index in [2.05, 4.69) is 4.90 Å². The van der Waals surface area contributed by atoms with E-state index in [9.17, 15) is 4.79 Å². The molecular weight excluding hydrogens is 254 g/mol. The van der Waals surface area contributed by atoms with E-state index in [1.54, 1.807) is 0 Å². The van der Waals surface area contributed by atoms with Crippen molar-refractivity contribution in [1.29, 1.82) is 0 Å². The molecule has 1 amide bonds. The molecule has 2 rings (SSSR count). The second-order valence-electron chi connectivity index (χ2n) is 6.39. The van der Waals surface area contributed by atoms with Crippen LogP contribution in [-0.2, 0) is 4.79 Å². The van der Waals surface area contributed by atoms with Gasteiger partial charge < -0.3 is 15.7 Å². The first-order chi connectivity index (χ1) is 9.69. The van der Waals surface area contributed by atoms with E-state index >= 15 is 0 Å². The average Bonchev–Trinajstić information content (AvgIpc) is 2.49. The Kier molecular flexibility index (Phi) is 5.81. The molecule has 1 aliphatic carbocycles. The predicted molar refractivity (Wildman–Crippen MR) is 79.3 cm³/mol. The SMILES string of the molecule is NCC1(CC(=O)N2CCN(CCO)CC2)CCCCC1. The third kappa shape index (κ3) is 3.93. The van der Waals surface area contributed by atoms with Gasteiger partial charge in [-0.25, -0.2) is 0 Å². The zero-order valence-corrected chi connectivity index (χ0v) is 12.5. The second-order valence-corrected chi connectivity index (χ2v) is 6.39. The number of amides is 1. The Morgan fingerprint density at radius 2 is 1.75 bits per heavy atom. The van der Waals surface area contributed by atoms with Crippen molar-refractivity contribution in [1.82, 2.24) is 9.80 Å². The number of hydrogen-bond acceptors (Lipinski definition) is 4. The number of aliphatic hydroxyl groups is 1. The van der Waals surface area contributed by atoms with Crippen molar-refractivity contribution < 1.29 is 9.90 Å². The van der Waals surface area contributed by atoms with Gasteiger partial charge in [-0.1, -0.05) is 19.3 Å². The summed E-state index contributed by atoms with van der Waals surface area (Å²) < 4.78 is 0. The molecular formula is C15H29N3O2. The zero-order valence-electron chi connectivity index (χ0n) is 12.5. The second kappa shape index (κ2) is 7.38. The lowest BCUT2D eigenvalue weighted by atomic mass is 9.71. The third-order valence-corrected chi connectivity index (χ3v) is 5.01. The van der Waals surface area contributed by atoms with Gasteiger partial charge in [0.15, 0.2) is 0 Å². The lowest BCUT2D eigenvalue weighted by Gasteiger charge is -2.39. The van der Waals surface area contributed by atoms with Crippen LogP contribution >= 0.6 is 0 Å². The minimum Gasteiger partial charge on any atom is -0.395 e. The Bertz CT molecular complexity index is 308. The Labute approximate surface area is 122 Å². The molecule has 0 unspecified atom stereocenters. The maximum atomic E-state index is 12.5. The summed E-state index contributed by atoms with van der Waals surface area (Å²) in [5.74, 6) is 0.279. The van der Waals surface area contributed by atoms with Gasteiger partial charge in [0.2, 0.25) is 5.91 Å². The number of carbonyl (C=O) groups is 1. The average molecular weight is 283 g/mol. The van der Waals surface area contributed by atoms with Gasteiger partial charge in [0.05, 0.1) is 6.61 Å². The fourth-order valence-corrected chi connectivity index (χ4v) is 3.55. The van der Waals surface area contributed by atoms with Gasteiger partial charge >= 0.3 is 0 Å². The third-order valence-electron chi connectivity index (χ3n) is 5.01. The molecule has 0 atom stereocenters. The van der Waals surface area contributed by atoms with Gasteiger partial charge in [-0.2, -0.15) is 0 Å². The van der Waals surface area contributed by atoms with Crippen LogP contribution in [0.15, 0.2) is 0 Å². The monoisotopic (exact) mass is 283 g/mol. The number of piperazine rings is 1. The van der Waals surface area contributed by atoms with E-state index in [0.29, 0.717) is 13.0 Å². The Morgan fingerprint density at radius 3 is 2.30 bits per heavy atom. The Hall–Kier alpha value is -0.650. The minimum absolute atomic E-state index is 0.0670. The van der Waals surface area contributed by atoms with Crippen LogP contribution in [0.2, 0.25) is 0 Å². The van der Waals surface area contributed by atoms with Gasteiger partial charge in [0.1, 0.15) is 0 Å². The quantitative estimate of drug-likeness (QED) is 0.767. The summed E-state index contributed by atoms with van der Waals surface area (Å²) in [5, 5.41) is 8.94. The highest BCUT2D eigenvalue weighted by atomic mass is 16.3. The van der Waals surface area contributed by atoms with Crippen LogP contribution in [0.1, 0.15) is 38.5 Å². The molecule has 0 bridgehead atoms. The summed E-state index contributed by atoms with van der Waals surface area (Å²) in [4.78, 5) is 16.7. The molecule has 0 aromatic heterocycles. The molecule has 20 heavy (non-hydrogen) atoms. The van der Waals surface area contributed by atoms with Gasteiger partial charge in [0.25, 0.3) is 0 Å². The molecule has 5 nitrogen and oxygen atoms in total. The van der Waals surface area contributed by atoms with Gasteiger partial charge in [-0.3, -0.25) is 9.69 Å². The molecule has 2 fully saturated rings. The summed E-state index contributed by atoms with van der Waals surface area (Å²) >= 11 is 0. The van der Waals surface area contributed by atoms with Crippen molar-refractivity contribution >= 4 is 5.91 Å². The standard InChI is InChI=1S/C15H29N3O2/c16-13-15(4-2-1-3-5-15)12-14(20)18-8-6-17(7-9-18)10-11-19/h19H,1-13,16H2. The summed E-state index contributed by atoms with van der Waals surface area (Å²) in [6.07, 6.45) is 6.57. The first kappa shape index (κ1) is 15.7. The van der Waals surface area contributed by atoms with E-state index in [4.69, 9.17) is 10.8 Å². The molecule has 116 valence electrons. The van der Waals surface area contributed by atoms with Crippen molar-refractivity contribution in [3.63, 3.8) is 0 Å². The molecule has 5 heteroatoms. The zero-order chi connectivity index (χ0) is 14.4. The molecule has 0 radical (unpaired) electrons. The van der Waals surface area contributed by atoms with Crippen LogP contribution in [0.5, 0.6) is 0 Å². The highest BCUT2D eigenvalue weighted by Gasteiger charge is 2.34. The molecule has 0 spiro atoms. The molecule has 1 saturated heterocycles. The van der Waals surface area contributed by atoms with Gasteiger partial charge in [0, 0.05) is 39.1 Å². The number of β-amino-alcohol motifs (C(OH)–C–C–N with tert-alkyl or cyclic N) is 1. The lowest BCUT2D eigenvalue weighted by Crippen LogP contribution is -2.50.